The standard InChI is InChI=1S/C20H20N2O2/c1-22(2)19-13-16(17-6-4-5-7-18(17)21-19)12-14-8-10-15(11-9-14)20(23)24-3/h4-11,13H,12H2,1-3H3. The molecular weight excluding hydrogens is 300 g/mol. The highest BCUT2D eigenvalue weighted by Crippen LogP contribution is 2.24. The summed E-state index contributed by atoms with van der Waals surface area (Å²) in [5.41, 5.74) is 3.92. The third-order valence-corrected chi connectivity index (χ3v) is 4.02. The van der Waals surface area contributed by atoms with E-state index in [9.17, 15) is 4.79 Å². The Balaban J connectivity index is 1.98. The second-order valence-corrected chi connectivity index (χ2v) is 5.92. The molecule has 0 aliphatic rings. The molecule has 4 nitrogen and oxygen atoms in total. The van der Waals surface area contributed by atoms with Gasteiger partial charge in [-0.1, -0.05) is 30.3 Å². The van der Waals surface area contributed by atoms with Crippen molar-refractivity contribution >= 4 is 22.7 Å². The predicted octanol–water partition coefficient (Wildman–Crippen LogP) is 3.68. The molecule has 0 atom stereocenters. The van der Waals surface area contributed by atoms with Gasteiger partial charge in [0.2, 0.25) is 0 Å². The molecule has 0 spiro atoms. The summed E-state index contributed by atoms with van der Waals surface area (Å²) >= 11 is 0. The van der Waals surface area contributed by atoms with Gasteiger partial charge in [0.05, 0.1) is 18.2 Å². The molecule has 1 aromatic heterocycles. The minimum Gasteiger partial charge on any atom is -0.465 e. The molecule has 0 amide bonds. The van der Waals surface area contributed by atoms with E-state index in [1.54, 1.807) is 12.1 Å². The van der Waals surface area contributed by atoms with E-state index in [0.29, 0.717) is 5.56 Å². The normalized spacial score (nSPS) is 10.6. The first-order valence-electron chi connectivity index (χ1n) is 7.81. The molecule has 0 aliphatic carbocycles. The number of nitrogens with zero attached hydrogens (tertiary/aromatic N) is 2. The van der Waals surface area contributed by atoms with Gasteiger partial charge in [0.1, 0.15) is 5.82 Å². The van der Waals surface area contributed by atoms with Crippen LogP contribution in [-0.2, 0) is 11.2 Å². The summed E-state index contributed by atoms with van der Waals surface area (Å²) in [6, 6.07) is 17.8. The van der Waals surface area contributed by atoms with Gasteiger partial charge >= 0.3 is 5.97 Å². The molecule has 3 aromatic rings. The molecule has 0 unspecified atom stereocenters. The Kier molecular flexibility index (Phi) is 4.47. The van der Waals surface area contributed by atoms with Gasteiger partial charge in [-0.15, -0.1) is 0 Å². The number of ether oxygens (including phenoxy) is 1. The molecular formula is C20H20N2O2. The number of methoxy groups -OCH3 is 1. The van der Waals surface area contributed by atoms with Crippen LogP contribution in [0.3, 0.4) is 0 Å². The monoisotopic (exact) mass is 320 g/mol. The van der Waals surface area contributed by atoms with Crippen molar-refractivity contribution < 1.29 is 9.53 Å². The first-order valence-corrected chi connectivity index (χ1v) is 7.81. The van der Waals surface area contributed by atoms with Crippen molar-refractivity contribution in [1.82, 2.24) is 4.98 Å². The van der Waals surface area contributed by atoms with Crippen molar-refractivity contribution in [3.8, 4) is 0 Å². The average molecular weight is 320 g/mol. The Bertz CT molecular complexity index is 870. The number of carbonyl (C=O) groups is 1. The minimum absolute atomic E-state index is 0.314. The zero-order valence-corrected chi connectivity index (χ0v) is 14.1. The number of fused-ring (bicyclic) bond motifs is 1. The van der Waals surface area contributed by atoms with Crippen LogP contribution in [-0.4, -0.2) is 32.2 Å². The van der Waals surface area contributed by atoms with Gasteiger partial charge in [0, 0.05) is 19.5 Å². The van der Waals surface area contributed by atoms with E-state index in [2.05, 4.69) is 12.1 Å². The molecule has 0 N–H and O–H groups in total. The third kappa shape index (κ3) is 3.23. The maximum Gasteiger partial charge on any atom is 0.337 e. The van der Waals surface area contributed by atoms with E-state index >= 15 is 0 Å². The summed E-state index contributed by atoms with van der Waals surface area (Å²) < 4.78 is 4.74. The number of pyridine rings is 1. The second kappa shape index (κ2) is 6.71. The third-order valence-electron chi connectivity index (χ3n) is 4.02. The highest BCUT2D eigenvalue weighted by molar-refractivity contribution is 5.89. The number of esters is 1. The van der Waals surface area contributed by atoms with Crippen LogP contribution in [0.4, 0.5) is 5.82 Å². The zero-order valence-electron chi connectivity index (χ0n) is 14.1. The molecule has 4 heteroatoms. The Morgan fingerprint density at radius 2 is 1.79 bits per heavy atom. The fraction of sp³-hybridized carbons (Fsp3) is 0.200. The van der Waals surface area contributed by atoms with E-state index in [0.717, 1.165) is 28.7 Å². The highest BCUT2D eigenvalue weighted by atomic mass is 16.5. The molecule has 2 aromatic carbocycles. The van der Waals surface area contributed by atoms with Crippen LogP contribution < -0.4 is 4.90 Å². The SMILES string of the molecule is COC(=O)c1ccc(Cc2cc(N(C)C)nc3ccccc23)cc1. The lowest BCUT2D eigenvalue weighted by Gasteiger charge is -2.15. The van der Waals surface area contributed by atoms with Crippen molar-refractivity contribution in [3.63, 3.8) is 0 Å². The van der Waals surface area contributed by atoms with Crippen molar-refractivity contribution in [1.29, 1.82) is 0 Å². The van der Waals surface area contributed by atoms with Crippen LogP contribution in [0.15, 0.2) is 54.6 Å². The molecule has 1 heterocycles. The van der Waals surface area contributed by atoms with Crippen molar-refractivity contribution in [3.05, 3.63) is 71.3 Å². The van der Waals surface area contributed by atoms with Crippen LogP contribution in [0.2, 0.25) is 0 Å². The largest absolute Gasteiger partial charge is 0.465 e. The highest BCUT2D eigenvalue weighted by Gasteiger charge is 2.09. The summed E-state index contributed by atoms with van der Waals surface area (Å²) in [7, 11) is 5.38. The molecule has 0 fully saturated rings. The fourth-order valence-electron chi connectivity index (χ4n) is 2.70. The molecule has 0 saturated heterocycles. The Morgan fingerprint density at radius 3 is 2.46 bits per heavy atom. The molecule has 0 radical (unpaired) electrons. The van der Waals surface area contributed by atoms with Gasteiger partial charge in [-0.3, -0.25) is 0 Å². The lowest BCUT2D eigenvalue weighted by atomic mass is 10.00. The topological polar surface area (TPSA) is 42.4 Å². The summed E-state index contributed by atoms with van der Waals surface area (Å²) in [6.45, 7) is 0. The lowest BCUT2D eigenvalue weighted by molar-refractivity contribution is 0.0600. The van der Waals surface area contributed by atoms with Crippen molar-refractivity contribution in [2.45, 2.75) is 6.42 Å². The van der Waals surface area contributed by atoms with Gasteiger partial charge in [-0.2, -0.15) is 0 Å². The summed E-state index contributed by atoms with van der Waals surface area (Å²) in [6.07, 6.45) is 0.783. The molecule has 0 saturated carbocycles. The maximum absolute atomic E-state index is 11.5. The lowest BCUT2D eigenvalue weighted by Crippen LogP contribution is -2.11. The Labute approximate surface area is 141 Å². The van der Waals surface area contributed by atoms with E-state index in [-0.39, 0.29) is 5.97 Å². The Hall–Kier alpha value is -2.88. The minimum atomic E-state index is -0.314. The number of anilines is 1. The number of benzene rings is 2. The van der Waals surface area contributed by atoms with Gasteiger partial charge in [-0.05, 0) is 41.8 Å². The first kappa shape index (κ1) is 16.0. The number of hydrogen-bond acceptors (Lipinski definition) is 4. The van der Waals surface area contributed by atoms with Crippen LogP contribution in [0.1, 0.15) is 21.5 Å². The number of carbonyl (C=O) groups excluding carboxylic acids is 1. The number of hydrogen-bond donors (Lipinski definition) is 0. The summed E-state index contributed by atoms with van der Waals surface area (Å²) in [5, 5.41) is 1.15. The quantitative estimate of drug-likeness (QED) is 0.688. The van der Waals surface area contributed by atoms with Crippen LogP contribution in [0.25, 0.3) is 10.9 Å². The zero-order chi connectivity index (χ0) is 17.1. The predicted molar refractivity (Wildman–Crippen MR) is 96.7 cm³/mol. The van der Waals surface area contributed by atoms with Crippen molar-refractivity contribution in [2.75, 3.05) is 26.1 Å². The van der Waals surface area contributed by atoms with Gasteiger partial charge in [-0.25, -0.2) is 9.78 Å². The van der Waals surface area contributed by atoms with Crippen LogP contribution in [0.5, 0.6) is 0 Å². The van der Waals surface area contributed by atoms with Crippen LogP contribution >= 0.6 is 0 Å². The Morgan fingerprint density at radius 1 is 1.08 bits per heavy atom. The van der Waals surface area contributed by atoms with Gasteiger partial charge in [0.15, 0.2) is 0 Å². The second-order valence-electron chi connectivity index (χ2n) is 5.92. The first-order chi connectivity index (χ1) is 11.6. The number of para-hydroxylation sites is 1. The fourth-order valence-corrected chi connectivity index (χ4v) is 2.70. The van der Waals surface area contributed by atoms with Crippen LogP contribution in [0, 0.1) is 0 Å². The van der Waals surface area contributed by atoms with E-state index in [1.807, 2.05) is 49.3 Å². The molecule has 3 rings (SSSR count). The summed E-state index contributed by atoms with van der Waals surface area (Å²) in [5.74, 6) is 0.626. The molecule has 0 bridgehead atoms. The molecule has 122 valence electrons. The van der Waals surface area contributed by atoms with E-state index in [4.69, 9.17) is 9.72 Å². The van der Waals surface area contributed by atoms with E-state index in [1.165, 1.54) is 12.7 Å². The molecule has 0 aliphatic heterocycles. The molecule has 24 heavy (non-hydrogen) atoms. The van der Waals surface area contributed by atoms with Gasteiger partial charge in [0.25, 0.3) is 0 Å². The smallest absolute Gasteiger partial charge is 0.337 e. The average Bonchev–Trinajstić information content (AvgIpc) is 2.61. The van der Waals surface area contributed by atoms with Crippen molar-refractivity contribution in [2.24, 2.45) is 0 Å². The van der Waals surface area contributed by atoms with E-state index < -0.39 is 0 Å². The number of rotatable bonds is 4. The number of aromatic nitrogens is 1. The van der Waals surface area contributed by atoms with Gasteiger partial charge < -0.3 is 9.64 Å². The maximum atomic E-state index is 11.5. The summed E-state index contributed by atoms with van der Waals surface area (Å²) in [4.78, 5) is 18.2.